The van der Waals surface area contributed by atoms with Gasteiger partial charge in [-0.15, -0.1) is 0 Å². The number of sulfonamides is 1. The molecule has 0 heterocycles. The minimum atomic E-state index is -3.73. The van der Waals surface area contributed by atoms with Crippen molar-refractivity contribution >= 4 is 67.2 Å². The predicted molar refractivity (Wildman–Crippen MR) is 136 cm³/mol. The maximum Gasteiger partial charge on any atom is 0.261 e. The van der Waals surface area contributed by atoms with Gasteiger partial charge >= 0.3 is 0 Å². The van der Waals surface area contributed by atoms with Crippen LogP contribution in [-0.2, 0) is 10.0 Å². The first-order valence-corrected chi connectivity index (χ1v) is 12.2. The summed E-state index contributed by atoms with van der Waals surface area (Å²) in [7, 11) is -3.73. The molecule has 3 aromatic carbocycles. The Morgan fingerprint density at radius 3 is 2.13 bits per heavy atom. The van der Waals surface area contributed by atoms with E-state index < -0.39 is 10.0 Å². The van der Waals surface area contributed by atoms with E-state index in [0.717, 1.165) is 14.7 Å². The number of rotatable bonds is 5. The number of anilines is 2. The fourth-order valence-electron chi connectivity index (χ4n) is 2.94. The Morgan fingerprint density at radius 2 is 1.52 bits per heavy atom. The van der Waals surface area contributed by atoms with Gasteiger partial charge in [-0.1, -0.05) is 18.2 Å². The van der Waals surface area contributed by atoms with E-state index in [1.54, 1.807) is 36.4 Å². The first-order chi connectivity index (χ1) is 14.6. The van der Waals surface area contributed by atoms with Crippen molar-refractivity contribution in [3.8, 4) is 0 Å². The number of hydrogen-bond acceptors (Lipinski definition) is 4. The lowest BCUT2D eigenvalue weighted by Crippen LogP contribution is -2.34. The Hall–Kier alpha value is -2.50. The number of hydrogen-bond donors (Lipinski definition) is 3. The second kappa shape index (κ2) is 9.75. The van der Waals surface area contributed by atoms with Crippen molar-refractivity contribution in [3.63, 3.8) is 0 Å². The summed E-state index contributed by atoms with van der Waals surface area (Å²) in [5.41, 5.74) is 3.53. The monoisotopic (exact) mass is 565 g/mol. The molecule has 0 fully saturated rings. The van der Waals surface area contributed by atoms with Crippen LogP contribution in [0.15, 0.2) is 71.6 Å². The van der Waals surface area contributed by atoms with Gasteiger partial charge in [0, 0.05) is 14.9 Å². The number of carbonyl (C=O) groups is 1. The molecule has 0 spiro atoms. The Balaban J connectivity index is 1.66. The number of benzene rings is 3. The van der Waals surface area contributed by atoms with Crippen LogP contribution in [-0.4, -0.2) is 19.4 Å². The smallest absolute Gasteiger partial charge is 0.261 e. The van der Waals surface area contributed by atoms with E-state index in [4.69, 9.17) is 12.2 Å². The van der Waals surface area contributed by atoms with Crippen LogP contribution in [0.25, 0.3) is 0 Å². The van der Waals surface area contributed by atoms with Crippen LogP contribution in [0.5, 0.6) is 0 Å². The van der Waals surface area contributed by atoms with Crippen molar-refractivity contribution in [2.24, 2.45) is 0 Å². The maximum atomic E-state index is 12.7. The summed E-state index contributed by atoms with van der Waals surface area (Å²) in [5.74, 6) is -0.320. The van der Waals surface area contributed by atoms with Crippen LogP contribution < -0.4 is 15.4 Å². The minimum absolute atomic E-state index is 0.117. The topological polar surface area (TPSA) is 87.3 Å². The zero-order valence-corrected chi connectivity index (χ0v) is 20.6. The van der Waals surface area contributed by atoms with E-state index in [1.807, 2.05) is 32.0 Å². The Labute approximate surface area is 200 Å². The molecule has 3 aromatic rings. The zero-order chi connectivity index (χ0) is 22.6. The summed E-state index contributed by atoms with van der Waals surface area (Å²) in [6, 6.07) is 18.8. The van der Waals surface area contributed by atoms with Gasteiger partial charge in [0.2, 0.25) is 0 Å². The molecular formula is C22H20IN3O3S2. The van der Waals surface area contributed by atoms with Crippen molar-refractivity contribution < 1.29 is 13.2 Å². The molecule has 1 amide bonds. The fraction of sp³-hybridized carbons (Fsp3) is 0.0909. The van der Waals surface area contributed by atoms with Crippen molar-refractivity contribution in [3.05, 3.63) is 87.0 Å². The molecule has 6 nitrogen and oxygen atoms in total. The van der Waals surface area contributed by atoms with Crippen molar-refractivity contribution in [2.45, 2.75) is 18.7 Å². The van der Waals surface area contributed by atoms with Crippen LogP contribution in [0.4, 0.5) is 11.4 Å². The summed E-state index contributed by atoms with van der Waals surface area (Å²) in [6.07, 6.45) is 0. The van der Waals surface area contributed by atoms with Crippen LogP contribution in [0.1, 0.15) is 21.5 Å². The number of aryl methyl sites for hydroxylation is 2. The molecule has 3 N–H and O–H groups in total. The molecule has 3 rings (SSSR count). The Kier molecular flexibility index (Phi) is 7.29. The Bertz CT molecular complexity index is 1220. The standard InChI is InChI=1S/C22H20IN3O3S2/c1-14-11-15(2)13-17(12-14)26-31(28,29)18-9-7-16(8-10-18)24-22(30)25-21(27)19-5-3-4-6-20(19)23/h3-13,26H,1-2H3,(H2,24,25,27,30). The molecule has 0 aliphatic carbocycles. The van der Waals surface area contributed by atoms with Gasteiger partial charge in [-0.05, 0) is 108 Å². The number of halogens is 1. The van der Waals surface area contributed by atoms with Crippen molar-refractivity contribution in [1.82, 2.24) is 5.32 Å². The van der Waals surface area contributed by atoms with Crippen LogP contribution >= 0.6 is 34.8 Å². The molecule has 160 valence electrons. The predicted octanol–water partition coefficient (Wildman–Crippen LogP) is 4.84. The molecule has 0 radical (unpaired) electrons. The van der Waals surface area contributed by atoms with Gasteiger partial charge in [-0.2, -0.15) is 0 Å². The molecule has 0 bridgehead atoms. The summed E-state index contributed by atoms with van der Waals surface area (Å²) in [4.78, 5) is 12.5. The lowest BCUT2D eigenvalue weighted by Gasteiger charge is -2.12. The van der Waals surface area contributed by atoms with Gasteiger partial charge in [0.1, 0.15) is 0 Å². The van der Waals surface area contributed by atoms with Crippen LogP contribution in [0.2, 0.25) is 0 Å². The number of thiocarbonyl (C=S) groups is 1. The molecule has 0 aliphatic rings. The molecule has 31 heavy (non-hydrogen) atoms. The largest absolute Gasteiger partial charge is 0.332 e. The summed E-state index contributed by atoms with van der Waals surface area (Å²) in [5, 5.41) is 5.63. The third kappa shape index (κ3) is 6.25. The third-order valence-electron chi connectivity index (χ3n) is 4.24. The highest BCUT2D eigenvalue weighted by Crippen LogP contribution is 2.20. The quantitative estimate of drug-likeness (QED) is 0.305. The van der Waals surface area contributed by atoms with E-state index in [2.05, 4.69) is 37.9 Å². The first kappa shape index (κ1) is 23.2. The minimum Gasteiger partial charge on any atom is -0.332 e. The average Bonchev–Trinajstić information content (AvgIpc) is 2.67. The van der Waals surface area contributed by atoms with E-state index in [1.165, 1.54) is 12.1 Å². The van der Waals surface area contributed by atoms with Gasteiger partial charge in [0.05, 0.1) is 10.5 Å². The van der Waals surface area contributed by atoms with E-state index in [0.29, 0.717) is 16.9 Å². The zero-order valence-electron chi connectivity index (χ0n) is 16.8. The van der Waals surface area contributed by atoms with Crippen molar-refractivity contribution in [1.29, 1.82) is 0 Å². The van der Waals surface area contributed by atoms with E-state index in [-0.39, 0.29) is 15.9 Å². The molecule has 0 aromatic heterocycles. The number of carbonyl (C=O) groups excluding carboxylic acids is 1. The highest BCUT2D eigenvalue weighted by atomic mass is 127. The molecule has 9 heteroatoms. The lowest BCUT2D eigenvalue weighted by molar-refractivity contribution is 0.0977. The maximum absolute atomic E-state index is 12.7. The van der Waals surface area contributed by atoms with Crippen LogP contribution in [0.3, 0.4) is 0 Å². The van der Waals surface area contributed by atoms with E-state index in [9.17, 15) is 13.2 Å². The SMILES string of the molecule is Cc1cc(C)cc(NS(=O)(=O)c2ccc(NC(=S)NC(=O)c3ccccc3I)cc2)c1. The van der Waals surface area contributed by atoms with E-state index >= 15 is 0 Å². The van der Waals surface area contributed by atoms with Gasteiger partial charge in [0.25, 0.3) is 15.9 Å². The highest BCUT2D eigenvalue weighted by Gasteiger charge is 2.15. The fourth-order valence-corrected chi connectivity index (χ4v) is 4.83. The second-order valence-corrected chi connectivity index (χ2v) is 10.1. The second-order valence-electron chi connectivity index (χ2n) is 6.89. The molecule has 0 saturated heterocycles. The molecule has 0 saturated carbocycles. The average molecular weight is 565 g/mol. The Morgan fingerprint density at radius 1 is 0.903 bits per heavy atom. The number of nitrogens with one attached hydrogen (secondary N) is 3. The first-order valence-electron chi connectivity index (χ1n) is 9.22. The van der Waals surface area contributed by atoms with Gasteiger partial charge in [0.15, 0.2) is 5.11 Å². The van der Waals surface area contributed by atoms with Gasteiger partial charge in [-0.3, -0.25) is 14.8 Å². The summed E-state index contributed by atoms with van der Waals surface area (Å²) >= 11 is 7.28. The summed E-state index contributed by atoms with van der Waals surface area (Å²) in [6.45, 7) is 3.82. The molecular weight excluding hydrogens is 545 g/mol. The summed E-state index contributed by atoms with van der Waals surface area (Å²) < 4.78 is 28.8. The highest BCUT2D eigenvalue weighted by molar-refractivity contribution is 14.1. The van der Waals surface area contributed by atoms with Crippen LogP contribution in [0, 0.1) is 17.4 Å². The number of amides is 1. The third-order valence-corrected chi connectivity index (χ3v) is 6.78. The van der Waals surface area contributed by atoms with Gasteiger partial charge in [-0.25, -0.2) is 8.42 Å². The van der Waals surface area contributed by atoms with Gasteiger partial charge < -0.3 is 5.32 Å². The molecule has 0 atom stereocenters. The van der Waals surface area contributed by atoms with Crippen molar-refractivity contribution in [2.75, 3.05) is 10.0 Å². The molecule has 0 aliphatic heterocycles. The lowest BCUT2D eigenvalue weighted by atomic mass is 10.1. The normalized spacial score (nSPS) is 10.9. The molecule has 0 unspecified atom stereocenters.